The quantitative estimate of drug-likeness (QED) is 0.222. The van der Waals surface area contributed by atoms with E-state index in [1.165, 1.54) is 6.33 Å². The van der Waals surface area contributed by atoms with Gasteiger partial charge < -0.3 is 29.7 Å². The van der Waals surface area contributed by atoms with E-state index >= 15 is 0 Å². The molecule has 13 heteroatoms. The number of phosphoric ester groups is 1. The highest BCUT2D eigenvalue weighted by Gasteiger charge is 2.49. The normalized spacial score (nSPS) is 28.6. The Morgan fingerprint density at radius 3 is 2.78 bits per heavy atom. The molecule has 0 spiro atoms. The lowest BCUT2D eigenvalue weighted by atomic mass is 10.1. The summed E-state index contributed by atoms with van der Waals surface area (Å²) in [4.78, 5) is 32.7. The molecule has 2 aromatic rings. The number of H-pyrrole nitrogens is 1. The maximum atomic E-state index is 11.1. The number of rotatable bonds is 4. The van der Waals surface area contributed by atoms with Crippen LogP contribution in [0.1, 0.15) is 11.9 Å². The molecule has 23 heavy (non-hydrogen) atoms. The van der Waals surface area contributed by atoms with Crippen molar-refractivity contribution in [3.05, 3.63) is 12.2 Å². The summed E-state index contributed by atoms with van der Waals surface area (Å²) in [5.41, 5.74) is 0.659. The fraction of sp³-hybridized carbons (Fsp3) is 0.500. The Kier molecular flexibility index (Phi) is 4.42. The molecule has 1 aliphatic rings. The molecule has 5 N–H and O–H groups in total. The van der Waals surface area contributed by atoms with E-state index in [-0.39, 0.29) is 11.5 Å². The van der Waals surface area contributed by atoms with Crippen molar-refractivity contribution in [2.45, 2.75) is 29.4 Å². The van der Waals surface area contributed by atoms with Crippen molar-refractivity contribution in [3.8, 4) is 0 Å². The second-order valence-corrected chi connectivity index (χ2v) is 6.46. The first kappa shape index (κ1) is 16.7. The number of aliphatic hydroxyl groups excluding tert-OH is 2. The second-order valence-electron chi connectivity index (χ2n) is 4.85. The highest BCUT2D eigenvalue weighted by molar-refractivity contribution is 7.80. The summed E-state index contributed by atoms with van der Waals surface area (Å²) < 4.78 is 21.1. The van der Waals surface area contributed by atoms with E-state index in [0.717, 1.165) is 0 Å². The van der Waals surface area contributed by atoms with E-state index < -0.39 is 38.8 Å². The molecule has 11 nitrogen and oxygen atoms in total. The first-order chi connectivity index (χ1) is 10.8. The highest BCUT2D eigenvalue weighted by Crippen LogP contribution is 2.45. The van der Waals surface area contributed by atoms with Gasteiger partial charge >= 0.3 is 7.82 Å². The molecule has 126 valence electrons. The van der Waals surface area contributed by atoms with Crippen LogP contribution >= 0.6 is 20.5 Å². The lowest BCUT2D eigenvalue weighted by Crippen LogP contribution is -2.34. The number of hydrogen-bond donors (Lipinski definition) is 6. The van der Waals surface area contributed by atoms with E-state index in [9.17, 15) is 14.8 Å². The van der Waals surface area contributed by atoms with Gasteiger partial charge in [-0.05, 0) is 0 Å². The zero-order valence-electron chi connectivity index (χ0n) is 11.3. The third-order valence-electron chi connectivity index (χ3n) is 3.33. The van der Waals surface area contributed by atoms with Crippen LogP contribution in [0, 0.1) is 0 Å². The van der Waals surface area contributed by atoms with Gasteiger partial charge in [-0.25, -0.2) is 19.5 Å². The molecule has 1 saturated heterocycles. The molecule has 0 saturated carbocycles. The van der Waals surface area contributed by atoms with E-state index in [2.05, 4.69) is 37.1 Å². The minimum Gasteiger partial charge on any atom is -0.394 e. The summed E-state index contributed by atoms with van der Waals surface area (Å²) in [5.74, 6) is 0.115. The smallest absolute Gasteiger partial charge is 0.394 e. The fourth-order valence-electron chi connectivity index (χ4n) is 2.35. The first-order valence-corrected chi connectivity index (χ1v) is 8.36. The summed E-state index contributed by atoms with van der Waals surface area (Å²) >= 11 is 4.14. The molecule has 0 amide bonds. The number of nitrogens with zero attached hydrogens (tertiary/aromatic N) is 3. The maximum absolute atomic E-state index is 11.1. The number of aromatic amines is 1. The molecule has 4 atom stereocenters. The van der Waals surface area contributed by atoms with Crippen molar-refractivity contribution < 1.29 is 33.8 Å². The minimum atomic E-state index is -4.90. The molecule has 2 aromatic heterocycles. The summed E-state index contributed by atoms with van der Waals surface area (Å²) in [7, 11) is -4.90. The minimum absolute atomic E-state index is 0.115. The van der Waals surface area contributed by atoms with Crippen LogP contribution in [0.15, 0.2) is 11.4 Å². The molecule has 3 heterocycles. The largest absolute Gasteiger partial charge is 0.470 e. The number of phosphoric acid groups is 1. The number of ether oxygens (including phenoxy) is 1. The predicted octanol–water partition coefficient (Wildman–Crippen LogP) is -1.09. The first-order valence-electron chi connectivity index (χ1n) is 6.38. The van der Waals surface area contributed by atoms with Crippen LogP contribution in [-0.4, -0.2) is 64.9 Å². The SMILES string of the molecule is O=P(O)(O)O[C@H]1C(c2nc3ncnc(S)c3[nH]2)O[C@H](CO)[C@H]1O. The average molecular weight is 364 g/mol. The number of aromatic nitrogens is 4. The van der Waals surface area contributed by atoms with E-state index in [1.807, 2.05) is 0 Å². The Morgan fingerprint density at radius 2 is 2.17 bits per heavy atom. The van der Waals surface area contributed by atoms with Gasteiger partial charge in [-0.2, -0.15) is 0 Å². The molecule has 0 radical (unpaired) electrons. The average Bonchev–Trinajstić information content (AvgIpc) is 3.01. The van der Waals surface area contributed by atoms with Gasteiger partial charge in [0, 0.05) is 0 Å². The fourth-order valence-corrected chi connectivity index (χ4v) is 3.11. The molecule has 0 aromatic carbocycles. The summed E-state index contributed by atoms with van der Waals surface area (Å²) in [6, 6.07) is 0. The third kappa shape index (κ3) is 3.25. The van der Waals surface area contributed by atoms with Gasteiger partial charge in [-0.15, -0.1) is 12.6 Å². The third-order valence-corrected chi connectivity index (χ3v) is 4.19. The molecule has 0 bridgehead atoms. The van der Waals surface area contributed by atoms with Gasteiger partial charge in [0.1, 0.15) is 47.1 Å². The molecule has 0 aliphatic carbocycles. The summed E-state index contributed by atoms with van der Waals surface area (Å²) in [6.07, 6.45) is -3.85. The van der Waals surface area contributed by atoms with Gasteiger partial charge in [-0.3, -0.25) is 4.52 Å². The maximum Gasteiger partial charge on any atom is 0.470 e. The van der Waals surface area contributed by atoms with Crippen LogP contribution in [0.5, 0.6) is 0 Å². The van der Waals surface area contributed by atoms with Crippen molar-refractivity contribution in [3.63, 3.8) is 0 Å². The molecule has 1 aliphatic heterocycles. The second kappa shape index (κ2) is 6.07. The Morgan fingerprint density at radius 1 is 1.43 bits per heavy atom. The van der Waals surface area contributed by atoms with Gasteiger partial charge in [0.25, 0.3) is 0 Å². The molecule has 3 rings (SSSR count). The summed E-state index contributed by atoms with van der Waals surface area (Å²) in [6.45, 7) is -0.559. The molecule has 1 fully saturated rings. The monoisotopic (exact) mass is 364 g/mol. The van der Waals surface area contributed by atoms with Crippen molar-refractivity contribution in [1.82, 2.24) is 19.9 Å². The highest BCUT2D eigenvalue weighted by atomic mass is 32.1. The van der Waals surface area contributed by atoms with Crippen molar-refractivity contribution >= 4 is 31.6 Å². The Balaban J connectivity index is 2.00. The van der Waals surface area contributed by atoms with Crippen molar-refractivity contribution in [1.29, 1.82) is 0 Å². The predicted molar refractivity (Wildman–Crippen MR) is 76.6 cm³/mol. The number of nitrogens with one attached hydrogen (secondary N) is 1. The van der Waals surface area contributed by atoms with Crippen LogP contribution < -0.4 is 0 Å². The van der Waals surface area contributed by atoms with E-state index in [4.69, 9.17) is 14.5 Å². The zero-order chi connectivity index (χ0) is 16.8. The van der Waals surface area contributed by atoms with Crippen LogP contribution in [0.25, 0.3) is 11.2 Å². The number of hydrogen-bond acceptors (Lipinski definition) is 9. The lowest BCUT2D eigenvalue weighted by molar-refractivity contribution is -0.0249. The number of thiol groups is 1. The van der Waals surface area contributed by atoms with Gasteiger partial charge in [0.05, 0.1) is 6.61 Å². The number of imidazole rings is 1. The molecular formula is C10H13N4O7PS. The number of aliphatic hydroxyl groups is 2. The van der Waals surface area contributed by atoms with Crippen LogP contribution in [0.3, 0.4) is 0 Å². The van der Waals surface area contributed by atoms with Crippen molar-refractivity contribution in [2.75, 3.05) is 6.61 Å². The molecule has 1 unspecified atom stereocenters. The number of fused-ring (bicyclic) bond motifs is 1. The van der Waals surface area contributed by atoms with Crippen LogP contribution in [0.2, 0.25) is 0 Å². The van der Waals surface area contributed by atoms with E-state index in [1.54, 1.807) is 0 Å². The summed E-state index contributed by atoms with van der Waals surface area (Å²) in [5, 5.41) is 19.6. The topological polar surface area (TPSA) is 171 Å². The molecular weight excluding hydrogens is 351 g/mol. The van der Waals surface area contributed by atoms with Gasteiger partial charge in [-0.1, -0.05) is 0 Å². The van der Waals surface area contributed by atoms with Crippen LogP contribution in [0.4, 0.5) is 0 Å². The Labute approximate surface area is 134 Å². The van der Waals surface area contributed by atoms with Gasteiger partial charge in [0.15, 0.2) is 5.65 Å². The van der Waals surface area contributed by atoms with Gasteiger partial charge in [0.2, 0.25) is 0 Å². The van der Waals surface area contributed by atoms with Crippen LogP contribution in [-0.2, 0) is 13.8 Å². The lowest BCUT2D eigenvalue weighted by Gasteiger charge is -2.19. The Bertz CT molecular complexity index is 767. The standard InChI is InChI=1S/C10H13N4O7PS/c15-1-3-5(16)6(21-22(17,18)19)7(20-3)9-13-4-8(14-9)11-2-12-10(4)23/h2-3,5-7,15-16H,1H2,(H2,17,18,19)(H2,11,12,13,14,23)/t3-,5-,6-,7?/m1/s1. The van der Waals surface area contributed by atoms with Crippen molar-refractivity contribution in [2.24, 2.45) is 0 Å². The Hall–Kier alpha value is -1.11. The zero-order valence-corrected chi connectivity index (χ0v) is 13.1. The van der Waals surface area contributed by atoms with E-state index in [0.29, 0.717) is 10.5 Å².